The van der Waals surface area contributed by atoms with E-state index >= 15 is 0 Å². The summed E-state index contributed by atoms with van der Waals surface area (Å²) in [4.78, 5) is 37.5. The fraction of sp³-hybridized carbons (Fsp3) is 0.167. The number of hydrogen-bond donors (Lipinski definition) is 2. The van der Waals surface area contributed by atoms with Crippen LogP contribution in [0.25, 0.3) is 32.9 Å². The highest BCUT2D eigenvalue weighted by molar-refractivity contribution is 6.42. The molecule has 0 spiro atoms. The molecule has 39 heavy (non-hydrogen) atoms. The van der Waals surface area contributed by atoms with Crippen LogP contribution in [0.2, 0.25) is 10.0 Å². The van der Waals surface area contributed by atoms with E-state index in [0.717, 1.165) is 47.1 Å². The van der Waals surface area contributed by atoms with Crippen molar-refractivity contribution in [2.45, 2.75) is 6.54 Å². The number of halogens is 2. The van der Waals surface area contributed by atoms with Crippen LogP contribution in [0.4, 0.5) is 0 Å². The molecule has 0 aliphatic carbocycles. The van der Waals surface area contributed by atoms with Gasteiger partial charge in [-0.1, -0.05) is 29.3 Å². The third-order valence-corrected chi connectivity index (χ3v) is 8.03. The summed E-state index contributed by atoms with van der Waals surface area (Å²) in [6.45, 7) is 3.76. The van der Waals surface area contributed by atoms with Crippen molar-refractivity contribution in [3.63, 3.8) is 0 Å². The van der Waals surface area contributed by atoms with E-state index in [1.165, 1.54) is 5.56 Å². The molecule has 7 nitrogen and oxygen atoms in total. The van der Waals surface area contributed by atoms with E-state index in [2.05, 4.69) is 14.9 Å². The van der Waals surface area contributed by atoms with Crippen LogP contribution in [-0.4, -0.2) is 57.8 Å². The topological polar surface area (TPSA) is 95.3 Å². The number of piperazine rings is 1. The third kappa shape index (κ3) is 4.96. The highest BCUT2D eigenvalue weighted by atomic mass is 35.5. The molecule has 9 heteroatoms. The van der Waals surface area contributed by atoms with Crippen molar-refractivity contribution in [1.29, 1.82) is 0 Å². The number of carbonyl (C=O) groups is 2. The molecule has 0 atom stereocenters. The minimum Gasteiger partial charge on any atom is -0.366 e. The lowest BCUT2D eigenvalue weighted by Gasteiger charge is -2.34. The van der Waals surface area contributed by atoms with E-state index in [-0.39, 0.29) is 5.91 Å². The summed E-state index contributed by atoms with van der Waals surface area (Å²) in [5.41, 5.74) is 11.0. The number of nitrogens with zero attached hydrogens (tertiary/aromatic N) is 3. The minimum absolute atomic E-state index is 0.00873. The molecule has 6 rings (SSSR count). The van der Waals surface area contributed by atoms with Crippen molar-refractivity contribution in [2.75, 3.05) is 26.2 Å². The van der Waals surface area contributed by atoms with E-state index in [0.29, 0.717) is 39.8 Å². The van der Waals surface area contributed by atoms with Crippen LogP contribution in [0.3, 0.4) is 0 Å². The fourth-order valence-electron chi connectivity index (χ4n) is 5.21. The number of aromatic nitrogens is 2. The lowest BCUT2D eigenvalue weighted by Crippen LogP contribution is -2.48. The zero-order valence-electron chi connectivity index (χ0n) is 21.0. The number of primary amides is 1. The summed E-state index contributed by atoms with van der Waals surface area (Å²) >= 11 is 12.4. The standard InChI is InChI=1S/C30H25Cl2N5O2/c31-25-3-1-19(16-26(25)32)21-14-23-22-13-20(2-4-27(22)35-28(23)24(15-21)29(33)38)30(39)37-11-9-36(10-12-37)17-18-5-7-34-8-6-18/h1-8,13-16,35H,9-12,17H2,(H2,33,38). The molecule has 3 aromatic carbocycles. The number of H-pyrrole nitrogens is 1. The molecule has 0 unspecified atom stereocenters. The lowest BCUT2D eigenvalue weighted by molar-refractivity contribution is 0.0628. The number of nitrogens with two attached hydrogens (primary N) is 1. The first kappa shape index (κ1) is 25.4. The van der Waals surface area contributed by atoms with Gasteiger partial charge in [-0.2, -0.15) is 0 Å². The van der Waals surface area contributed by atoms with E-state index in [9.17, 15) is 9.59 Å². The highest BCUT2D eigenvalue weighted by Gasteiger charge is 2.23. The Hall–Kier alpha value is -3.91. The molecule has 0 bridgehead atoms. The number of aromatic amines is 1. The summed E-state index contributed by atoms with van der Waals surface area (Å²) in [6.07, 6.45) is 3.60. The van der Waals surface area contributed by atoms with Gasteiger partial charge in [0, 0.05) is 67.0 Å². The number of amides is 2. The van der Waals surface area contributed by atoms with Gasteiger partial charge >= 0.3 is 0 Å². The van der Waals surface area contributed by atoms with Gasteiger partial charge in [0.25, 0.3) is 11.8 Å². The van der Waals surface area contributed by atoms with Gasteiger partial charge in [-0.15, -0.1) is 0 Å². The Morgan fingerprint density at radius 1 is 0.846 bits per heavy atom. The Labute approximate surface area is 235 Å². The first-order chi connectivity index (χ1) is 18.9. The monoisotopic (exact) mass is 557 g/mol. The molecule has 1 saturated heterocycles. The van der Waals surface area contributed by atoms with Crippen molar-refractivity contribution in [2.24, 2.45) is 5.73 Å². The summed E-state index contributed by atoms with van der Waals surface area (Å²) in [7, 11) is 0. The molecule has 5 aromatic rings. The number of carbonyl (C=O) groups excluding carboxylic acids is 2. The molecule has 3 N–H and O–H groups in total. The van der Waals surface area contributed by atoms with E-state index in [1.807, 2.05) is 47.4 Å². The smallest absolute Gasteiger partial charge is 0.253 e. The average Bonchev–Trinajstić information content (AvgIpc) is 3.32. The summed E-state index contributed by atoms with van der Waals surface area (Å²) in [5.74, 6) is -0.556. The van der Waals surface area contributed by atoms with Gasteiger partial charge in [0.05, 0.1) is 21.1 Å². The van der Waals surface area contributed by atoms with Gasteiger partial charge in [-0.3, -0.25) is 19.5 Å². The van der Waals surface area contributed by atoms with Gasteiger partial charge in [0.1, 0.15) is 0 Å². The van der Waals surface area contributed by atoms with E-state index in [4.69, 9.17) is 28.9 Å². The Morgan fingerprint density at radius 2 is 1.62 bits per heavy atom. The Balaban J connectivity index is 1.31. The first-order valence-electron chi connectivity index (χ1n) is 12.6. The van der Waals surface area contributed by atoms with Crippen molar-refractivity contribution >= 4 is 56.8 Å². The second kappa shape index (κ2) is 10.3. The molecular formula is C30H25Cl2N5O2. The number of pyridine rings is 1. The second-order valence-corrected chi connectivity index (χ2v) is 10.6. The second-order valence-electron chi connectivity index (χ2n) is 9.75. The largest absolute Gasteiger partial charge is 0.366 e. The van der Waals surface area contributed by atoms with Crippen LogP contribution in [0.5, 0.6) is 0 Å². The zero-order valence-corrected chi connectivity index (χ0v) is 22.5. The predicted molar refractivity (Wildman–Crippen MR) is 155 cm³/mol. The molecule has 0 saturated carbocycles. The van der Waals surface area contributed by atoms with E-state index < -0.39 is 5.91 Å². The maximum atomic E-state index is 13.5. The lowest BCUT2D eigenvalue weighted by atomic mass is 9.98. The van der Waals surface area contributed by atoms with Crippen LogP contribution in [0, 0.1) is 0 Å². The van der Waals surface area contributed by atoms with Crippen LogP contribution < -0.4 is 5.73 Å². The van der Waals surface area contributed by atoms with Gasteiger partial charge in [0.2, 0.25) is 0 Å². The molecule has 3 heterocycles. The quantitative estimate of drug-likeness (QED) is 0.287. The Kier molecular flexibility index (Phi) is 6.73. The Bertz CT molecular complexity index is 1730. The van der Waals surface area contributed by atoms with Crippen molar-refractivity contribution in [1.82, 2.24) is 19.8 Å². The van der Waals surface area contributed by atoms with Gasteiger partial charge in [-0.05, 0) is 71.3 Å². The van der Waals surface area contributed by atoms with Gasteiger partial charge in [0.15, 0.2) is 0 Å². The number of benzene rings is 3. The van der Waals surface area contributed by atoms with Crippen molar-refractivity contribution in [3.05, 3.63) is 99.8 Å². The number of hydrogen-bond acceptors (Lipinski definition) is 4. The molecule has 196 valence electrons. The van der Waals surface area contributed by atoms with Crippen LogP contribution in [0.1, 0.15) is 26.3 Å². The summed E-state index contributed by atoms with van der Waals surface area (Å²) in [5, 5.41) is 2.52. The predicted octanol–water partition coefficient (Wildman–Crippen LogP) is 5.75. The first-order valence-corrected chi connectivity index (χ1v) is 13.4. The molecular weight excluding hydrogens is 533 g/mol. The highest BCUT2D eigenvalue weighted by Crippen LogP contribution is 2.35. The van der Waals surface area contributed by atoms with Crippen molar-refractivity contribution in [3.8, 4) is 11.1 Å². The van der Waals surface area contributed by atoms with Gasteiger partial charge < -0.3 is 15.6 Å². The zero-order chi connectivity index (χ0) is 27.1. The van der Waals surface area contributed by atoms with Crippen molar-refractivity contribution < 1.29 is 9.59 Å². The summed E-state index contributed by atoms with van der Waals surface area (Å²) in [6, 6.07) is 18.7. The number of nitrogens with one attached hydrogen (secondary N) is 1. The Morgan fingerprint density at radius 3 is 2.33 bits per heavy atom. The molecule has 1 aliphatic heterocycles. The average molecular weight is 558 g/mol. The number of fused-ring (bicyclic) bond motifs is 3. The summed E-state index contributed by atoms with van der Waals surface area (Å²) < 4.78 is 0. The molecule has 2 amide bonds. The molecule has 1 fully saturated rings. The third-order valence-electron chi connectivity index (χ3n) is 7.29. The maximum absolute atomic E-state index is 13.5. The van der Waals surface area contributed by atoms with Crippen LogP contribution in [0.15, 0.2) is 73.1 Å². The molecule has 0 radical (unpaired) electrons. The van der Waals surface area contributed by atoms with Crippen LogP contribution >= 0.6 is 23.2 Å². The minimum atomic E-state index is -0.547. The molecule has 1 aliphatic rings. The number of rotatable bonds is 5. The molecule has 2 aromatic heterocycles. The fourth-order valence-corrected chi connectivity index (χ4v) is 5.51. The maximum Gasteiger partial charge on any atom is 0.253 e. The normalized spacial score (nSPS) is 14.3. The van der Waals surface area contributed by atoms with E-state index in [1.54, 1.807) is 30.6 Å². The van der Waals surface area contributed by atoms with Crippen LogP contribution in [-0.2, 0) is 6.54 Å². The SMILES string of the molecule is NC(=O)c1cc(-c2ccc(Cl)c(Cl)c2)cc2c1[nH]c1ccc(C(=O)N3CCN(Cc4ccncc4)CC3)cc12. The van der Waals surface area contributed by atoms with Gasteiger partial charge in [-0.25, -0.2) is 0 Å².